The number of hydrogen-bond donors (Lipinski definition) is 2. The Morgan fingerprint density at radius 3 is 2.62 bits per heavy atom. The fourth-order valence-electron chi connectivity index (χ4n) is 2.24. The van der Waals surface area contributed by atoms with Crippen molar-refractivity contribution in [2.45, 2.75) is 6.54 Å². The maximum Gasteiger partial charge on any atom is 0.269 e. The molecule has 0 spiro atoms. The minimum Gasteiger partial charge on any atom is -0.458 e. The van der Waals surface area contributed by atoms with Crippen molar-refractivity contribution >= 4 is 16.9 Å². The molecule has 0 bridgehead atoms. The topological polar surface area (TPSA) is 90.3 Å². The van der Waals surface area contributed by atoms with Crippen molar-refractivity contribution in [1.82, 2.24) is 9.99 Å². The van der Waals surface area contributed by atoms with Gasteiger partial charge in [-0.1, -0.05) is 18.2 Å². The quantitative estimate of drug-likeness (QED) is 0.430. The zero-order valence-electron chi connectivity index (χ0n) is 11.1. The number of hydrazine groups is 1. The smallest absolute Gasteiger partial charge is 0.269 e. The van der Waals surface area contributed by atoms with E-state index in [2.05, 4.69) is 5.43 Å². The predicted octanol–water partition coefficient (Wildman–Crippen LogP) is 1.25. The van der Waals surface area contributed by atoms with Crippen molar-refractivity contribution in [2.75, 3.05) is 0 Å². The Morgan fingerprint density at radius 1 is 1.19 bits per heavy atom. The second kappa shape index (κ2) is 5.26. The average Bonchev–Trinajstić information content (AvgIpc) is 2.86. The normalized spacial score (nSPS) is 10.7. The third-order valence-electron chi connectivity index (χ3n) is 3.21. The summed E-state index contributed by atoms with van der Waals surface area (Å²) < 4.78 is 7.50. The summed E-state index contributed by atoms with van der Waals surface area (Å²) in [5.41, 5.74) is 3.09. The van der Waals surface area contributed by atoms with Gasteiger partial charge < -0.3 is 8.98 Å². The molecule has 0 unspecified atom stereocenters. The summed E-state index contributed by atoms with van der Waals surface area (Å²) in [6, 6.07) is 10.2. The van der Waals surface area contributed by atoms with Gasteiger partial charge in [-0.2, -0.15) is 0 Å². The van der Waals surface area contributed by atoms with Crippen LogP contribution in [0.1, 0.15) is 16.1 Å². The first-order valence-electron chi connectivity index (χ1n) is 6.36. The molecule has 2 heterocycles. The zero-order valence-corrected chi connectivity index (χ0v) is 11.1. The number of furan rings is 1. The highest BCUT2D eigenvalue weighted by Crippen LogP contribution is 2.26. The number of aromatic nitrogens is 1. The summed E-state index contributed by atoms with van der Waals surface area (Å²) in [6.45, 7) is 0.331. The van der Waals surface area contributed by atoms with Crippen LogP contribution in [0.2, 0.25) is 0 Å². The van der Waals surface area contributed by atoms with E-state index in [4.69, 9.17) is 10.3 Å². The number of nitrogen functional groups attached to an aromatic ring is 1. The first-order chi connectivity index (χ1) is 10.2. The van der Waals surface area contributed by atoms with Crippen LogP contribution in [-0.2, 0) is 6.54 Å². The Bertz CT molecular complexity index is 843. The molecule has 0 aliphatic carbocycles. The molecule has 0 atom stereocenters. The number of fused-ring (bicyclic) bond motifs is 1. The van der Waals surface area contributed by atoms with Crippen LogP contribution in [0.3, 0.4) is 0 Å². The lowest BCUT2D eigenvalue weighted by Crippen LogP contribution is -2.30. The Kier molecular flexibility index (Phi) is 3.29. The van der Waals surface area contributed by atoms with Gasteiger partial charge in [0.2, 0.25) is 0 Å². The highest BCUT2D eigenvalue weighted by atomic mass is 16.3. The molecular formula is C15H13N3O3. The van der Waals surface area contributed by atoms with E-state index in [1.165, 1.54) is 12.1 Å². The minimum atomic E-state index is -0.406. The van der Waals surface area contributed by atoms with Crippen LogP contribution in [-0.4, -0.2) is 10.5 Å². The molecule has 0 fully saturated rings. The maximum atomic E-state index is 12.0. The summed E-state index contributed by atoms with van der Waals surface area (Å²) >= 11 is 0. The number of nitrogens with two attached hydrogens (primary N) is 1. The second-order valence-electron chi connectivity index (χ2n) is 4.58. The Balaban J connectivity index is 2.10. The van der Waals surface area contributed by atoms with Crippen LogP contribution in [0.5, 0.6) is 0 Å². The van der Waals surface area contributed by atoms with Gasteiger partial charge in [0, 0.05) is 29.9 Å². The van der Waals surface area contributed by atoms with Crippen LogP contribution in [0.25, 0.3) is 11.0 Å². The number of pyridine rings is 1. The number of nitrogens with zero attached hydrogens (tertiary/aromatic N) is 1. The second-order valence-corrected chi connectivity index (χ2v) is 4.58. The molecule has 3 rings (SSSR count). The third-order valence-corrected chi connectivity index (χ3v) is 3.21. The van der Waals surface area contributed by atoms with Crippen LogP contribution in [0.4, 0.5) is 0 Å². The molecule has 6 heteroatoms. The number of benzene rings is 1. The first-order valence-corrected chi connectivity index (χ1v) is 6.36. The van der Waals surface area contributed by atoms with E-state index in [0.29, 0.717) is 28.8 Å². The van der Waals surface area contributed by atoms with Gasteiger partial charge in [0.25, 0.3) is 5.91 Å². The zero-order chi connectivity index (χ0) is 14.8. The van der Waals surface area contributed by atoms with Crippen molar-refractivity contribution in [3.05, 3.63) is 70.3 Å². The summed E-state index contributed by atoms with van der Waals surface area (Å²) in [6.07, 6.45) is 3.28. The number of nitrogens with one attached hydrogen (secondary N) is 1. The average molecular weight is 283 g/mol. The summed E-state index contributed by atoms with van der Waals surface area (Å²) in [5, 5.41) is 0.705. The van der Waals surface area contributed by atoms with E-state index in [1.54, 1.807) is 29.1 Å². The molecule has 106 valence electrons. The monoisotopic (exact) mass is 283 g/mol. The SMILES string of the molecule is NNC(=O)c1c(Cn2ccc(=O)cc2)oc2ccccc12. The van der Waals surface area contributed by atoms with Gasteiger partial charge in [-0.05, 0) is 6.07 Å². The van der Waals surface area contributed by atoms with Crippen molar-refractivity contribution < 1.29 is 9.21 Å². The van der Waals surface area contributed by atoms with Crippen LogP contribution in [0, 0.1) is 0 Å². The van der Waals surface area contributed by atoms with Crippen molar-refractivity contribution in [3.8, 4) is 0 Å². The molecular weight excluding hydrogens is 270 g/mol. The molecule has 0 aliphatic rings. The lowest BCUT2D eigenvalue weighted by atomic mass is 10.1. The molecule has 0 saturated carbocycles. The van der Waals surface area contributed by atoms with E-state index in [-0.39, 0.29) is 5.43 Å². The lowest BCUT2D eigenvalue weighted by Gasteiger charge is -2.05. The Morgan fingerprint density at radius 2 is 1.90 bits per heavy atom. The largest absolute Gasteiger partial charge is 0.458 e. The highest BCUT2D eigenvalue weighted by Gasteiger charge is 2.19. The third kappa shape index (κ3) is 2.44. The van der Waals surface area contributed by atoms with Crippen LogP contribution >= 0.6 is 0 Å². The Labute approximate surface area is 119 Å². The number of para-hydroxylation sites is 1. The molecule has 3 aromatic rings. The maximum absolute atomic E-state index is 12.0. The van der Waals surface area contributed by atoms with Crippen molar-refractivity contribution in [2.24, 2.45) is 5.84 Å². The fourth-order valence-corrected chi connectivity index (χ4v) is 2.24. The van der Waals surface area contributed by atoms with Gasteiger partial charge in [0.1, 0.15) is 11.3 Å². The van der Waals surface area contributed by atoms with Gasteiger partial charge in [-0.3, -0.25) is 15.0 Å². The predicted molar refractivity (Wildman–Crippen MR) is 77.7 cm³/mol. The van der Waals surface area contributed by atoms with Gasteiger partial charge in [0.05, 0.1) is 12.1 Å². The van der Waals surface area contributed by atoms with E-state index in [9.17, 15) is 9.59 Å². The molecule has 0 radical (unpaired) electrons. The van der Waals surface area contributed by atoms with Gasteiger partial charge in [-0.15, -0.1) is 0 Å². The van der Waals surface area contributed by atoms with E-state index < -0.39 is 5.91 Å². The number of carbonyl (C=O) groups is 1. The molecule has 0 saturated heterocycles. The number of rotatable bonds is 3. The lowest BCUT2D eigenvalue weighted by molar-refractivity contribution is 0.0953. The van der Waals surface area contributed by atoms with Crippen molar-refractivity contribution in [3.63, 3.8) is 0 Å². The van der Waals surface area contributed by atoms with E-state index in [0.717, 1.165) is 0 Å². The minimum absolute atomic E-state index is 0.0734. The molecule has 6 nitrogen and oxygen atoms in total. The summed E-state index contributed by atoms with van der Waals surface area (Å²) in [7, 11) is 0. The van der Waals surface area contributed by atoms with Crippen LogP contribution in [0.15, 0.2) is 58.0 Å². The van der Waals surface area contributed by atoms with Gasteiger partial charge in [-0.25, -0.2) is 5.84 Å². The first kappa shape index (κ1) is 13.1. The van der Waals surface area contributed by atoms with Gasteiger partial charge >= 0.3 is 0 Å². The molecule has 1 amide bonds. The van der Waals surface area contributed by atoms with E-state index in [1.807, 2.05) is 12.1 Å². The highest BCUT2D eigenvalue weighted by molar-refractivity contribution is 6.07. The number of hydrogen-bond acceptors (Lipinski definition) is 4. The summed E-state index contributed by atoms with van der Waals surface area (Å²) in [4.78, 5) is 23.1. The number of carbonyl (C=O) groups excluding carboxylic acids is 1. The Hall–Kier alpha value is -2.86. The fraction of sp³-hybridized carbons (Fsp3) is 0.0667. The molecule has 0 aliphatic heterocycles. The molecule has 3 N–H and O–H groups in total. The molecule has 2 aromatic heterocycles. The number of amides is 1. The standard InChI is InChI=1S/C15H13N3O3/c16-17-15(20)14-11-3-1-2-4-12(11)21-13(14)9-18-7-5-10(19)6-8-18/h1-8H,9,16H2,(H,17,20). The van der Waals surface area contributed by atoms with E-state index >= 15 is 0 Å². The molecule has 1 aromatic carbocycles. The summed E-state index contributed by atoms with van der Waals surface area (Å²) in [5.74, 6) is 5.33. The van der Waals surface area contributed by atoms with Gasteiger partial charge in [0.15, 0.2) is 5.43 Å². The van der Waals surface area contributed by atoms with Crippen molar-refractivity contribution in [1.29, 1.82) is 0 Å². The molecule has 21 heavy (non-hydrogen) atoms. The van der Waals surface area contributed by atoms with Crippen LogP contribution < -0.4 is 16.7 Å².